The van der Waals surface area contributed by atoms with Crippen LogP contribution in [-0.2, 0) is 4.79 Å². The Morgan fingerprint density at radius 1 is 1.57 bits per heavy atom. The minimum absolute atomic E-state index is 0.199. The molecule has 21 heavy (non-hydrogen) atoms. The summed E-state index contributed by atoms with van der Waals surface area (Å²) >= 11 is 7.41. The molecule has 1 N–H and O–H groups in total. The summed E-state index contributed by atoms with van der Waals surface area (Å²) in [6, 6.07) is 5.55. The van der Waals surface area contributed by atoms with E-state index in [2.05, 4.69) is 16.9 Å². The number of rotatable bonds is 3. The quantitative estimate of drug-likeness (QED) is 0.878. The smallest absolute Gasteiger partial charge is 0.233 e. The number of thioether (sulfide) groups is 1. The van der Waals surface area contributed by atoms with E-state index >= 15 is 0 Å². The first-order valence-electron chi connectivity index (χ1n) is 7.17. The van der Waals surface area contributed by atoms with Gasteiger partial charge in [0.15, 0.2) is 5.16 Å². The van der Waals surface area contributed by atoms with E-state index in [-0.39, 0.29) is 5.91 Å². The summed E-state index contributed by atoms with van der Waals surface area (Å²) in [5.41, 5.74) is 1.78. The number of benzene rings is 1. The van der Waals surface area contributed by atoms with Crippen molar-refractivity contribution in [1.29, 1.82) is 0 Å². The molecule has 2 aromatic rings. The zero-order valence-corrected chi connectivity index (χ0v) is 13.5. The topological polar surface area (TPSA) is 49.0 Å². The lowest BCUT2D eigenvalue weighted by atomic mass is 10.0. The lowest BCUT2D eigenvalue weighted by Gasteiger charge is -2.30. The summed E-state index contributed by atoms with van der Waals surface area (Å²) in [4.78, 5) is 21.9. The molecular formula is C15H18ClN3OS. The van der Waals surface area contributed by atoms with Gasteiger partial charge < -0.3 is 9.88 Å². The van der Waals surface area contributed by atoms with Gasteiger partial charge in [0.25, 0.3) is 0 Å². The molecule has 1 aliphatic heterocycles. The van der Waals surface area contributed by atoms with Crippen LogP contribution in [-0.4, -0.2) is 39.6 Å². The highest BCUT2D eigenvalue weighted by molar-refractivity contribution is 7.99. The van der Waals surface area contributed by atoms with Crippen molar-refractivity contribution in [2.24, 2.45) is 5.92 Å². The van der Waals surface area contributed by atoms with Crippen LogP contribution in [0.15, 0.2) is 23.4 Å². The number of carbonyl (C=O) groups is 1. The number of imidazole rings is 1. The number of fused-ring (bicyclic) bond motifs is 1. The fourth-order valence-electron chi connectivity index (χ4n) is 2.66. The molecule has 1 aromatic heterocycles. The minimum atomic E-state index is 0.199. The summed E-state index contributed by atoms with van der Waals surface area (Å²) in [5, 5.41) is 1.45. The monoisotopic (exact) mass is 323 g/mol. The van der Waals surface area contributed by atoms with E-state index in [0.717, 1.165) is 35.7 Å². The Morgan fingerprint density at radius 2 is 2.43 bits per heavy atom. The van der Waals surface area contributed by atoms with Crippen molar-refractivity contribution in [3.63, 3.8) is 0 Å². The van der Waals surface area contributed by atoms with Crippen LogP contribution in [0.4, 0.5) is 0 Å². The third-order valence-corrected chi connectivity index (χ3v) is 4.86. The molecule has 6 heteroatoms. The molecule has 0 saturated carbocycles. The normalized spacial score (nSPS) is 19.1. The highest BCUT2D eigenvalue weighted by Crippen LogP contribution is 2.23. The molecule has 3 rings (SSSR count). The fourth-order valence-corrected chi connectivity index (χ4v) is 3.62. The molecule has 112 valence electrons. The second-order valence-electron chi connectivity index (χ2n) is 5.58. The van der Waals surface area contributed by atoms with Crippen LogP contribution >= 0.6 is 23.4 Å². The highest BCUT2D eigenvalue weighted by Gasteiger charge is 2.21. The van der Waals surface area contributed by atoms with Gasteiger partial charge in [0.1, 0.15) is 0 Å². The molecule has 1 atom stereocenters. The predicted octanol–water partition coefficient (Wildman–Crippen LogP) is 3.57. The maximum Gasteiger partial charge on any atom is 0.233 e. The third kappa shape index (κ3) is 3.52. The Morgan fingerprint density at radius 3 is 3.24 bits per heavy atom. The molecular weight excluding hydrogens is 306 g/mol. The van der Waals surface area contributed by atoms with E-state index in [1.54, 1.807) is 0 Å². The van der Waals surface area contributed by atoms with Crippen LogP contribution in [0.2, 0.25) is 5.02 Å². The maximum atomic E-state index is 12.2. The van der Waals surface area contributed by atoms with Crippen molar-refractivity contribution < 1.29 is 4.79 Å². The summed E-state index contributed by atoms with van der Waals surface area (Å²) < 4.78 is 0. The predicted molar refractivity (Wildman–Crippen MR) is 86.8 cm³/mol. The number of H-pyrrole nitrogens is 1. The Balaban J connectivity index is 1.61. The van der Waals surface area contributed by atoms with E-state index in [1.165, 1.54) is 18.2 Å². The maximum absolute atomic E-state index is 12.2. The number of nitrogens with zero attached hydrogens (tertiary/aromatic N) is 2. The second kappa shape index (κ2) is 6.28. The van der Waals surface area contributed by atoms with Crippen molar-refractivity contribution in [1.82, 2.24) is 14.9 Å². The molecule has 0 aliphatic carbocycles. The lowest BCUT2D eigenvalue weighted by molar-refractivity contribution is -0.130. The molecule has 4 nitrogen and oxygen atoms in total. The molecule has 0 bridgehead atoms. The molecule has 0 unspecified atom stereocenters. The molecule has 0 spiro atoms. The van der Waals surface area contributed by atoms with Crippen molar-refractivity contribution in [2.45, 2.75) is 24.9 Å². The van der Waals surface area contributed by atoms with Crippen LogP contribution in [0.25, 0.3) is 11.0 Å². The summed E-state index contributed by atoms with van der Waals surface area (Å²) in [5.74, 6) is 1.24. The van der Waals surface area contributed by atoms with Gasteiger partial charge in [-0.2, -0.15) is 0 Å². The number of hydrogen-bond donors (Lipinski definition) is 1. The number of aromatic nitrogens is 2. The number of amides is 1. The summed E-state index contributed by atoms with van der Waals surface area (Å²) in [6.07, 6.45) is 2.34. The van der Waals surface area contributed by atoms with E-state index in [1.807, 2.05) is 23.1 Å². The number of carbonyl (C=O) groups excluding carboxylic acids is 1. The first-order chi connectivity index (χ1) is 10.1. The third-order valence-electron chi connectivity index (χ3n) is 3.76. The van der Waals surface area contributed by atoms with E-state index in [0.29, 0.717) is 16.7 Å². The summed E-state index contributed by atoms with van der Waals surface area (Å²) in [6.45, 7) is 3.98. The summed E-state index contributed by atoms with van der Waals surface area (Å²) in [7, 11) is 0. The number of piperidine rings is 1. The van der Waals surface area contributed by atoms with Gasteiger partial charge in [0.2, 0.25) is 5.91 Å². The first kappa shape index (κ1) is 14.7. The van der Waals surface area contributed by atoms with E-state index in [4.69, 9.17) is 11.6 Å². The molecule has 1 saturated heterocycles. The number of aromatic amines is 1. The Kier molecular flexibility index (Phi) is 4.40. The largest absolute Gasteiger partial charge is 0.342 e. The Hall–Kier alpha value is -1.20. The Bertz CT molecular complexity index is 657. The van der Waals surface area contributed by atoms with Crippen LogP contribution in [0, 0.1) is 5.92 Å². The van der Waals surface area contributed by atoms with Gasteiger partial charge in [-0.3, -0.25) is 4.79 Å². The molecule has 2 heterocycles. The van der Waals surface area contributed by atoms with Gasteiger partial charge in [0, 0.05) is 18.1 Å². The fraction of sp³-hybridized carbons (Fsp3) is 0.467. The van der Waals surface area contributed by atoms with Gasteiger partial charge in [-0.1, -0.05) is 30.3 Å². The highest BCUT2D eigenvalue weighted by atomic mass is 35.5. The van der Waals surface area contributed by atoms with Crippen LogP contribution in [0.5, 0.6) is 0 Å². The van der Waals surface area contributed by atoms with Crippen LogP contribution < -0.4 is 0 Å². The lowest BCUT2D eigenvalue weighted by Crippen LogP contribution is -2.40. The van der Waals surface area contributed by atoms with Gasteiger partial charge in [-0.05, 0) is 37.0 Å². The second-order valence-corrected chi connectivity index (χ2v) is 6.98. The minimum Gasteiger partial charge on any atom is -0.342 e. The molecule has 1 fully saturated rings. The number of hydrogen-bond acceptors (Lipinski definition) is 3. The number of nitrogens with one attached hydrogen (secondary N) is 1. The molecule has 1 amide bonds. The van der Waals surface area contributed by atoms with Crippen LogP contribution in [0.3, 0.4) is 0 Å². The van der Waals surface area contributed by atoms with Crippen molar-refractivity contribution >= 4 is 40.3 Å². The zero-order valence-electron chi connectivity index (χ0n) is 11.9. The van der Waals surface area contributed by atoms with Crippen molar-refractivity contribution in [3.05, 3.63) is 23.2 Å². The molecule has 1 aliphatic rings. The van der Waals surface area contributed by atoms with Gasteiger partial charge in [-0.15, -0.1) is 0 Å². The number of halogens is 1. The molecule has 1 aromatic carbocycles. The zero-order chi connectivity index (χ0) is 14.8. The van der Waals surface area contributed by atoms with Crippen molar-refractivity contribution in [3.8, 4) is 0 Å². The van der Waals surface area contributed by atoms with E-state index < -0.39 is 0 Å². The number of likely N-dealkylation sites (tertiary alicyclic amines) is 1. The van der Waals surface area contributed by atoms with Crippen LogP contribution in [0.1, 0.15) is 19.8 Å². The molecule has 0 radical (unpaired) electrons. The van der Waals surface area contributed by atoms with Gasteiger partial charge in [0.05, 0.1) is 16.8 Å². The average Bonchev–Trinajstić information content (AvgIpc) is 2.86. The average molecular weight is 324 g/mol. The standard InChI is InChI=1S/C15H18ClN3OS/c1-10-3-2-6-19(8-10)14(20)9-21-15-17-12-5-4-11(16)7-13(12)18-15/h4-5,7,10H,2-3,6,8-9H2,1H3,(H,17,18)/t10-/m1/s1. The first-order valence-corrected chi connectivity index (χ1v) is 8.54. The SMILES string of the molecule is C[C@@H]1CCCN(C(=O)CSc2nc3ccc(Cl)cc3[nH]2)C1. The van der Waals surface area contributed by atoms with E-state index in [9.17, 15) is 4.79 Å². The Labute approximate surface area is 133 Å². The van der Waals surface area contributed by atoms with Gasteiger partial charge >= 0.3 is 0 Å². The van der Waals surface area contributed by atoms with Gasteiger partial charge in [-0.25, -0.2) is 4.98 Å². The van der Waals surface area contributed by atoms with Crippen molar-refractivity contribution in [2.75, 3.05) is 18.8 Å².